The average molecular weight is 336 g/mol. The fraction of sp³-hybridized carbons (Fsp3) is 0.400. The summed E-state index contributed by atoms with van der Waals surface area (Å²) in [5.74, 6) is 0.946. The number of benzene rings is 1. The number of hydrogen-bond donors (Lipinski definition) is 2. The van der Waals surface area contributed by atoms with Crippen LogP contribution in [-0.2, 0) is 6.61 Å². The van der Waals surface area contributed by atoms with Gasteiger partial charge in [0.15, 0.2) is 0 Å². The van der Waals surface area contributed by atoms with Crippen LogP contribution in [0.2, 0.25) is 0 Å². The molecule has 1 saturated heterocycles. The number of pyridine rings is 1. The van der Waals surface area contributed by atoms with Gasteiger partial charge in [0.25, 0.3) is 0 Å². The van der Waals surface area contributed by atoms with Gasteiger partial charge in [0.05, 0.1) is 12.2 Å². The summed E-state index contributed by atoms with van der Waals surface area (Å²) >= 11 is 0. The van der Waals surface area contributed by atoms with Crippen LogP contribution in [0.1, 0.15) is 42.5 Å². The van der Waals surface area contributed by atoms with E-state index in [-0.39, 0.29) is 12.6 Å². The normalized spacial score (nSPS) is 16.4. The monoisotopic (exact) mass is 336 g/mol. The van der Waals surface area contributed by atoms with Gasteiger partial charge in [-0.15, -0.1) is 0 Å². The van der Waals surface area contributed by atoms with Gasteiger partial charge in [-0.25, -0.2) is 4.98 Å². The molecule has 1 unspecified atom stereocenters. The summed E-state index contributed by atoms with van der Waals surface area (Å²) in [4.78, 5) is 6.66. The molecule has 0 spiro atoms. The zero-order chi connectivity index (χ0) is 17.6. The molecule has 2 N–H and O–H groups in total. The first-order valence-corrected chi connectivity index (χ1v) is 8.76. The third-order valence-electron chi connectivity index (χ3n) is 4.82. The average Bonchev–Trinajstić information content (AvgIpc) is 2.68. The lowest BCUT2D eigenvalue weighted by Gasteiger charge is -2.34. The van der Waals surface area contributed by atoms with Gasteiger partial charge in [-0.2, -0.15) is 5.26 Å². The van der Waals surface area contributed by atoms with Gasteiger partial charge in [0.1, 0.15) is 11.9 Å². The van der Waals surface area contributed by atoms with Gasteiger partial charge in [-0.1, -0.05) is 24.3 Å². The highest BCUT2D eigenvalue weighted by atomic mass is 16.3. The van der Waals surface area contributed by atoms with Crippen LogP contribution >= 0.6 is 0 Å². The van der Waals surface area contributed by atoms with E-state index < -0.39 is 0 Å². The van der Waals surface area contributed by atoms with Crippen molar-refractivity contribution < 1.29 is 5.11 Å². The second kappa shape index (κ2) is 8.11. The van der Waals surface area contributed by atoms with Crippen molar-refractivity contribution in [2.45, 2.75) is 38.5 Å². The second-order valence-electron chi connectivity index (χ2n) is 6.57. The van der Waals surface area contributed by atoms with Crippen molar-refractivity contribution in [2.24, 2.45) is 0 Å². The minimum atomic E-state index is 0.0799. The maximum absolute atomic E-state index is 9.29. The molecule has 0 bridgehead atoms. The lowest BCUT2D eigenvalue weighted by molar-refractivity contribution is 0.281. The highest BCUT2D eigenvalue weighted by Crippen LogP contribution is 2.21. The summed E-state index contributed by atoms with van der Waals surface area (Å²) in [6, 6.07) is 14.7. The fourth-order valence-electron chi connectivity index (χ4n) is 3.33. The molecule has 130 valence electrons. The standard InChI is InChI=1S/C20H24N4O/c1-15(18-4-2-3-16(11-18)14-25)23-19-7-9-24(10-8-19)20-6-5-17(12-21)13-22-20/h2-6,11,13,15,19,23,25H,7-10,14H2,1H3. The SMILES string of the molecule is CC(NC1CCN(c2ccc(C#N)cn2)CC1)c1cccc(CO)c1. The van der Waals surface area contributed by atoms with Crippen LogP contribution in [0.3, 0.4) is 0 Å². The molecule has 25 heavy (non-hydrogen) atoms. The first kappa shape index (κ1) is 17.4. The van der Waals surface area contributed by atoms with Gasteiger partial charge in [0, 0.05) is 31.4 Å². The van der Waals surface area contributed by atoms with E-state index in [1.807, 2.05) is 24.3 Å². The highest BCUT2D eigenvalue weighted by molar-refractivity contribution is 5.42. The summed E-state index contributed by atoms with van der Waals surface area (Å²) in [6.07, 6.45) is 3.76. The number of aliphatic hydroxyl groups excluding tert-OH is 1. The number of aromatic nitrogens is 1. The van der Waals surface area contributed by atoms with E-state index in [4.69, 9.17) is 5.26 Å². The molecule has 0 amide bonds. The molecule has 3 rings (SSSR count). The number of piperidine rings is 1. The Morgan fingerprint density at radius 3 is 2.76 bits per heavy atom. The van der Waals surface area contributed by atoms with Crippen LogP contribution in [0.5, 0.6) is 0 Å². The molecule has 5 heteroatoms. The minimum Gasteiger partial charge on any atom is -0.392 e. The van der Waals surface area contributed by atoms with Gasteiger partial charge < -0.3 is 15.3 Å². The zero-order valence-electron chi connectivity index (χ0n) is 14.5. The largest absolute Gasteiger partial charge is 0.392 e. The Hall–Kier alpha value is -2.42. The van der Waals surface area contributed by atoms with Crippen LogP contribution in [0.4, 0.5) is 5.82 Å². The van der Waals surface area contributed by atoms with Crippen LogP contribution in [0.15, 0.2) is 42.6 Å². The Kier molecular flexibility index (Phi) is 5.64. The second-order valence-corrected chi connectivity index (χ2v) is 6.57. The molecule has 2 heterocycles. The predicted octanol–water partition coefficient (Wildman–Crippen LogP) is 2.77. The van der Waals surface area contributed by atoms with Crippen molar-refractivity contribution in [1.82, 2.24) is 10.3 Å². The summed E-state index contributed by atoms with van der Waals surface area (Å²) in [7, 11) is 0. The number of aliphatic hydroxyl groups is 1. The molecule has 1 aliphatic heterocycles. The first-order valence-electron chi connectivity index (χ1n) is 8.76. The van der Waals surface area contributed by atoms with Gasteiger partial charge in [-0.3, -0.25) is 0 Å². The minimum absolute atomic E-state index is 0.0799. The summed E-state index contributed by atoms with van der Waals surface area (Å²) < 4.78 is 0. The molecule has 1 aliphatic rings. The van der Waals surface area contributed by atoms with Crippen molar-refractivity contribution in [2.75, 3.05) is 18.0 Å². The van der Waals surface area contributed by atoms with Crippen LogP contribution < -0.4 is 10.2 Å². The van der Waals surface area contributed by atoms with E-state index in [2.05, 4.69) is 40.3 Å². The quantitative estimate of drug-likeness (QED) is 0.878. The lowest BCUT2D eigenvalue weighted by Crippen LogP contribution is -2.43. The third kappa shape index (κ3) is 4.36. The molecule has 5 nitrogen and oxygen atoms in total. The number of rotatable bonds is 5. The molecular weight excluding hydrogens is 312 g/mol. The molecule has 1 fully saturated rings. The smallest absolute Gasteiger partial charge is 0.128 e. The van der Waals surface area contributed by atoms with Crippen molar-refractivity contribution >= 4 is 5.82 Å². The molecule has 0 radical (unpaired) electrons. The van der Waals surface area contributed by atoms with Crippen molar-refractivity contribution in [1.29, 1.82) is 5.26 Å². The van der Waals surface area contributed by atoms with Gasteiger partial charge in [-0.05, 0) is 43.0 Å². The molecule has 2 aromatic rings. The van der Waals surface area contributed by atoms with E-state index in [0.29, 0.717) is 11.6 Å². The highest BCUT2D eigenvalue weighted by Gasteiger charge is 2.21. The summed E-state index contributed by atoms with van der Waals surface area (Å²) in [6.45, 7) is 4.17. The Bertz CT molecular complexity index is 730. The Balaban J connectivity index is 1.54. The molecule has 1 aromatic heterocycles. The summed E-state index contributed by atoms with van der Waals surface area (Å²) in [5, 5.41) is 21.8. The van der Waals surface area contributed by atoms with Crippen molar-refractivity contribution in [3.63, 3.8) is 0 Å². The van der Waals surface area contributed by atoms with E-state index >= 15 is 0 Å². The fourth-order valence-corrected chi connectivity index (χ4v) is 3.33. The number of nitriles is 1. The molecule has 1 aromatic carbocycles. The van der Waals surface area contributed by atoms with E-state index in [1.165, 1.54) is 5.56 Å². The van der Waals surface area contributed by atoms with Crippen LogP contribution in [0.25, 0.3) is 0 Å². The maximum Gasteiger partial charge on any atom is 0.128 e. The topological polar surface area (TPSA) is 72.2 Å². The molecule has 1 atom stereocenters. The Morgan fingerprint density at radius 2 is 2.12 bits per heavy atom. The number of hydrogen-bond acceptors (Lipinski definition) is 5. The lowest BCUT2D eigenvalue weighted by atomic mass is 10.0. The van der Waals surface area contributed by atoms with E-state index in [1.54, 1.807) is 6.20 Å². The number of nitrogens with one attached hydrogen (secondary N) is 1. The van der Waals surface area contributed by atoms with Crippen molar-refractivity contribution in [3.05, 3.63) is 59.3 Å². The first-order chi connectivity index (χ1) is 12.2. The molecule has 0 saturated carbocycles. The molecular formula is C20H24N4O. The summed E-state index contributed by atoms with van der Waals surface area (Å²) in [5.41, 5.74) is 2.76. The Morgan fingerprint density at radius 1 is 1.32 bits per heavy atom. The van der Waals surface area contributed by atoms with E-state index in [9.17, 15) is 5.11 Å². The van der Waals surface area contributed by atoms with E-state index in [0.717, 1.165) is 37.3 Å². The van der Waals surface area contributed by atoms with Gasteiger partial charge >= 0.3 is 0 Å². The molecule has 0 aliphatic carbocycles. The zero-order valence-corrected chi connectivity index (χ0v) is 14.5. The predicted molar refractivity (Wildman–Crippen MR) is 98.1 cm³/mol. The number of nitrogens with zero attached hydrogens (tertiary/aromatic N) is 3. The van der Waals surface area contributed by atoms with Crippen LogP contribution in [-0.4, -0.2) is 29.2 Å². The van der Waals surface area contributed by atoms with Crippen LogP contribution in [0, 0.1) is 11.3 Å². The number of anilines is 1. The Labute approximate surface area is 148 Å². The van der Waals surface area contributed by atoms with Gasteiger partial charge in [0.2, 0.25) is 0 Å². The third-order valence-corrected chi connectivity index (χ3v) is 4.82. The van der Waals surface area contributed by atoms with Crippen molar-refractivity contribution in [3.8, 4) is 6.07 Å². The maximum atomic E-state index is 9.29.